The summed E-state index contributed by atoms with van der Waals surface area (Å²) in [6, 6.07) is 19.0. The van der Waals surface area contributed by atoms with E-state index in [9.17, 15) is 10.4 Å². The maximum Gasteiger partial charge on any atom is 0.109 e. The van der Waals surface area contributed by atoms with Gasteiger partial charge in [0.1, 0.15) is 11.5 Å². The zero-order valence-electron chi connectivity index (χ0n) is 10.5. The van der Waals surface area contributed by atoms with Crippen LogP contribution in [0.5, 0.6) is 0 Å². The molecule has 2 atom stereocenters. The van der Waals surface area contributed by atoms with Crippen LogP contribution in [0.1, 0.15) is 24.2 Å². The first-order valence-corrected chi connectivity index (χ1v) is 6.77. The second-order valence-corrected chi connectivity index (χ2v) is 5.55. The van der Waals surface area contributed by atoms with Crippen LogP contribution in [0.15, 0.2) is 59.1 Å². The molecule has 19 heavy (non-hydrogen) atoms. The lowest BCUT2D eigenvalue weighted by Crippen LogP contribution is -2.28. The Morgan fingerprint density at radius 1 is 1.11 bits per heavy atom. The Labute approximate surface area is 121 Å². The van der Waals surface area contributed by atoms with Gasteiger partial charge in [-0.2, -0.15) is 5.26 Å². The first-order valence-electron chi connectivity index (χ1n) is 5.98. The average Bonchev–Trinajstić information content (AvgIpc) is 2.47. The average molecular weight is 316 g/mol. The van der Waals surface area contributed by atoms with Crippen LogP contribution < -0.4 is 0 Å². The van der Waals surface area contributed by atoms with Crippen LogP contribution in [0.4, 0.5) is 0 Å². The minimum atomic E-state index is -0.963. The highest BCUT2D eigenvalue weighted by molar-refractivity contribution is 9.10. The zero-order valence-corrected chi connectivity index (χ0v) is 12.1. The van der Waals surface area contributed by atoms with Crippen LogP contribution in [0.3, 0.4) is 0 Å². The molecule has 3 heteroatoms. The summed E-state index contributed by atoms with van der Waals surface area (Å²) in [7, 11) is 0. The molecule has 96 valence electrons. The first-order chi connectivity index (χ1) is 9.08. The third kappa shape index (κ3) is 2.70. The number of aliphatic hydroxyl groups is 1. The van der Waals surface area contributed by atoms with E-state index >= 15 is 0 Å². The topological polar surface area (TPSA) is 44.0 Å². The normalized spacial score (nSPS) is 15.3. The van der Waals surface area contributed by atoms with E-state index in [1.165, 1.54) is 0 Å². The van der Waals surface area contributed by atoms with Crippen molar-refractivity contribution in [2.75, 3.05) is 0 Å². The second-order valence-electron chi connectivity index (χ2n) is 4.63. The quantitative estimate of drug-likeness (QED) is 0.931. The predicted octanol–water partition coefficient (Wildman–Crippen LogP) is 3.96. The molecule has 0 heterocycles. The molecule has 2 nitrogen and oxygen atoms in total. The molecule has 0 aromatic heterocycles. The fraction of sp³-hybridized carbons (Fsp3) is 0.188. The molecule has 0 saturated heterocycles. The van der Waals surface area contributed by atoms with E-state index in [1.54, 1.807) is 6.92 Å². The van der Waals surface area contributed by atoms with E-state index in [-0.39, 0.29) is 0 Å². The van der Waals surface area contributed by atoms with E-state index in [1.807, 2.05) is 54.6 Å². The van der Waals surface area contributed by atoms with Gasteiger partial charge in [-0.15, -0.1) is 0 Å². The summed E-state index contributed by atoms with van der Waals surface area (Å²) in [6.07, 6.45) is -0.868. The molecule has 1 N–H and O–H groups in total. The highest BCUT2D eigenvalue weighted by atomic mass is 79.9. The van der Waals surface area contributed by atoms with Crippen molar-refractivity contribution in [2.45, 2.75) is 18.4 Å². The maximum atomic E-state index is 10.5. The van der Waals surface area contributed by atoms with Gasteiger partial charge in [-0.1, -0.05) is 58.4 Å². The number of benzene rings is 2. The van der Waals surface area contributed by atoms with Gasteiger partial charge in [0.2, 0.25) is 0 Å². The summed E-state index contributed by atoms with van der Waals surface area (Å²) in [4.78, 5) is 0. The lowest BCUT2D eigenvalue weighted by Gasteiger charge is -2.28. The molecule has 2 aromatic carbocycles. The van der Waals surface area contributed by atoms with Gasteiger partial charge in [0.25, 0.3) is 0 Å². The Morgan fingerprint density at radius 3 is 2.21 bits per heavy atom. The fourth-order valence-corrected chi connectivity index (χ4v) is 2.31. The predicted molar refractivity (Wildman–Crippen MR) is 78.5 cm³/mol. The van der Waals surface area contributed by atoms with Gasteiger partial charge in [0.05, 0.1) is 6.07 Å². The molecule has 0 amide bonds. The third-order valence-electron chi connectivity index (χ3n) is 3.34. The molecule has 2 aromatic rings. The second kappa shape index (κ2) is 5.56. The van der Waals surface area contributed by atoms with Crippen LogP contribution in [0.25, 0.3) is 0 Å². The Hall–Kier alpha value is -1.63. The van der Waals surface area contributed by atoms with Crippen molar-refractivity contribution in [1.29, 1.82) is 5.26 Å². The molecule has 0 fully saturated rings. The third-order valence-corrected chi connectivity index (χ3v) is 3.87. The van der Waals surface area contributed by atoms with Crippen LogP contribution in [-0.4, -0.2) is 5.11 Å². The van der Waals surface area contributed by atoms with Crippen molar-refractivity contribution < 1.29 is 5.11 Å². The molecule has 0 bridgehead atoms. The SMILES string of the molecule is C[C@](C#N)(c1ccccc1)[C@@H](O)c1ccc(Br)cc1. The van der Waals surface area contributed by atoms with Gasteiger partial charge in [-0.05, 0) is 30.2 Å². The van der Waals surface area contributed by atoms with E-state index < -0.39 is 11.5 Å². The summed E-state index contributed by atoms with van der Waals surface area (Å²) >= 11 is 3.36. The summed E-state index contributed by atoms with van der Waals surface area (Å²) < 4.78 is 0.946. The molecule has 0 radical (unpaired) electrons. The minimum Gasteiger partial charge on any atom is -0.386 e. The lowest BCUT2D eigenvalue weighted by molar-refractivity contribution is 0.119. The van der Waals surface area contributed by atoms with Crippen molar-refractivity contribution in [1.82, 2.24) is 0 Å². The highest BCUT2D eigenvalue weighted by Crippen LogP contribution is 2.36. The smallest absolute Gasteiger partial charge is 0.109 e. The first kappa shape index (κ1) is 13.8. The number of hydrogen-bond donors (Lipinski definition) is 1. The van der Waals surface area contributed by atoms with Crippen LogP contribution in [0, 0.1) is 11.3 Å². The number of rotatable bonds is 3. The van der Waals surface area contributed by atoms with Crippen LogP contribution >= 0.6 is 15.9 Å². The monoisotopic (exact) mass is 315 g/mol. The largest absolute Gasteiger partial charge is 0.386 e. The van der Waals surface area contributed by atoms with Crippen molar-refractivity contribution in [3.8, 4) is 6.07 Å². The van der Waals surface area contributed by atoms with Gasteiger partial charge in [0, 0.05) is 4.47 Å². The molecule has 0 saturated carbocycles. The number of halogens is 1. The molecule has 2 rings (SSSR count). The molecular formula is C16H14BrNO. The van der Waals surface area contributed by atoms with Gasteiger partial charge >= 0.3 is 0 Å². The molecular weight excluding hydrogens is 302 g/mol. The van der Waals surface area contributed by atoms with Crippen molar-refractivity contribution >= 4 is 15.9 Å². The van der Waals surface area contributed by atoms with Gasteiger partial charge in [-0.3, -0.25) is 0 Å². The number of nitriles is 1. The van der Waals surface area contributed by atoms with Crippen molar-refractivity contribution in [3.63, 3.8) is 0 Å². The van der Waals surface area contributed by atoms with Gasteiger partial charge < -0.3 is 5.11 Å². The van der Waals surface area contributed by atoms with E-state index in [4.69, 9.17) is 0 Å². The standard InChI is InChI=1S/C16H14BrNO/c1-16(11-18,13-5-3-2-4-6-13)15(19)12-7-9-14(17)10-8-12/h2-10,15,19H,1H3/t15-,16-/m0/s1. The summed E-state index contributed by atoms with van der Waals surface area (Å²) in [5, 5.41) is 20.1. The number of nitrogens with zero attached hydrogens (tertiary/aromatic N) is 1. The zero-order chi connectivity index (χ0) is 13.9. The molecule has 0 aliphatic rings. The van der Waals surface area contributed by atoms with E-state index in [0.717, 1.165) is 15.6 Å². The van der Waals surface area contributed by atoms with Crippen molar-refractivity contribution in [3.05, 3.63) is 70.2 Å². The minimum absolute atomic E-state index is 0.733. The maximum absolute atomic E-state index is 10.5. The van der Waals surface area contributed by atoms with Crippen LogP contribution in [0.2, 0.25) is 0 Å². The van der Waals surface area contributed by atoms with E-state index in [2.05, 4.69) is 22.0 Å². The number of hydrogen-bond acceptors (Lipinski definition) is 2. The van der Waals surface area contributed by atoms with Gasteiger partial charge in [0.15, 0.2) is 0 Å². The molecule has 0 aliphatic carbocycles. The summed E-state index contributed by atoms with van der Waals surface area (Å²) in [5.41, 5.74) is 0.582. The molecule has 0 spiro atoms. The fourth-order valence-electron chi connectivity index (χ4n) is 2.05. The van der Waals surface area contributed by atoms with Crippen LogP contribution in [-0.2, 0) is 5.41 Å². The van der Waals surface area contributed by atoms with E-state index in [0.29, 0.717) is 0 Å². The lowest BCUT2D eigenvalue weighted by atomic mass is 9.76. The van der Waals surface area contributed by atoms with Gasteiger partial charge in [-0.25, -0.2) is 0 Å². The highest BCUT2D eigenvalue weighted by Gasteiger charge is 2.36. The summed E-state index contributed by atoms with van der Waals surface area (Å²) in [5.74, 6) is 0. The number of aliphatic hydroxyl groups excluding tert-OH is 1. The molecule has 0 unspecified atom stereocenters. The molecule has 0 aliphatic heterocycles. The Balaban J connectivity index is 2.42. The Kier molecular flexibility index (Phi) is 4.04. The Morgan fingerprint density at radius 2 is 1.68 bits per heavy atom. The summed E-state index contributed by atoms with van der Waals surface area (Å²) in [6.45, 7) is 1.76. The Bertz CT molecular complexity index is 588. The van der Waals surface area contributed by atoms with Crippen molar-refractivity contribution in [2.24, 2.45) is 0 Å².